The third kappa shape index (κ3) is 5.12. The van der Waals surface area contributed by atoms with Crippen LogP contribution in [0.1, 0.15) is 23.3 Å². The molecule has 2 aliphatic heterocycles. The zero-order valence-electron chi connectivity index (χ0n) is 22.5. The Bertz CT molecular complexity index is 1780. The van der Waals surface area contributed by atoms with Gasteiger partial charge in [-0.25, -0.2) is 9.18 Å². The minimum atomic E-state index is -1.32. The number of nitrogens with zero attached hydrogens (tertiary/aromatic N) is 5. The largest absolute Gasteiger partial charge is 3.00 e. The third-order valence-electron chi connectivity index (χ3n) is 7.54. The van der Waals surface area contributed by atoms with E-state index in [1.54, 1.807) is 17.0 Å². The second kappa shape index (κ2) is 11.4. The molecule has 5 heterocycles. The van der Waals surface area contributed by atoms with E-state index in [9.17, 15) is 19.1 Å². The number of aromatic nitrogens is 3. The Morgan fingerprint density at radius 2 is 1.63 bits per heavy atom. The predicted octanol–water partition coefficient (Wildman–Crippen LogP) is 4.32. The first-order chi connectivity index (χ1) is 19.3. The van der Waals surface area contributed by atoms with Crippen molar-refractivity contribution in [2.75, 3.05) is 44.7 Å². The number of hydrogen-bond acceptors (Lipinski definition) is 7. The van der Waals surface area contributed by atoms with E-state index in [4.69, 9.17) is 4.74 Å². The first-order valence-electron chi connectivity index (χ1n) is 13.1. The van der Waals surface area contributed by atoms with Crippen LogP contribution < -0.4 is 15.1 Å². The number of carboxylic acids is 1. The van der Waals surface area contributed by atoms with Gasteiger partial charge in [-0.05, 0) is 32.2 Å². The number of pyridine rings is 3. The average Bonchev–Trinajstić information content (AvgIpc) is 2.96. The number of fused-ring (bicyclic) bond motifs is 3. The van der Waals surface area contributed by atoms with Crippen LogP contribution in [-0.2, 0) is 17.1 Å². The standard InChI is InChI=1S/C18H20FN3O4.C12H8N2.Fe/c1-10-9-26-17-14-11(16(23)12(18(24)25)8-22(10)14)7-13(19)15(17)21-5-3-20(2)4-6-21;1-3-9-5-6-10-4-2-8-14-12(10)11(9)13-7-1;/h7-8,10H,3-6,9H2,1-2H3,(H,24,25);1-8H;/q;;+3/t10-;;/m0../s1. The first-order valence-corrected chi connectivity index (χ1v) is 13.1. The molecule has 5 aromatic rings. The van der Waals surface area contributed by atoms with Crippen LogP contribution in [0.15, 0.2) is 65.8 Å². The third-order valence-corrected chi connectivity index (χ3v) is 7.54. The van der Waals surface area contributed by atoms with Crippen molar-refractivity contribution in [1.82, 2.24) is 19.4 Å². The van der Waals surface area contributed by atoms with Crippen molar-refractivity contribution < 1.29 is 36.1 Å². The molecular formula is C30H28FFeN5O4+3. The van der Waals surface area contributed by atoms with Crippen LogP contribution in [0, 0.1) is 5.82 Å². The Labute approximate surface area is 245 Å². The van der Waals surface area contributed by atoms with Gasteiger partial charge < -0.3 is 24.2 Å². The van der Waals surface area contributed by atoms with E-state index in [-0.39, 0.29) is 40.7 Å². The number of ether oxygens (including phenoxy) is 1. The van der Waals surface area contributed by atoms with Gasteiger partial charge in [0, 0.05) is 55.5 Å². The summed E-state index contributed by atoms with van der Waals surface area (Å²) in [6.07, 6.45) is 4.95. The Morgan fingerprint density at radius 3 is 2.22 bits per heavy atom. The van der Waals surface area contributed by atoms with Gasteiger partial charge in [0.15, 0.2) is 11.6 Å². The van der Waals surface area contributed by atoms with Crippen LogP contribution >= 0.6 is 0 Å². The van der Waals surface area contributed by atoms with Crippen LogP contribution in [0.5, 0.6) is 5.75 Å². The quantitative estimate of drug-likeness (QED) is 0.237. The van der Waals surface area contributed by atoms with Crippen molar-refractivity contribution >= 4 is 44.4 Å². The fraction of sp³-hybridized carbons (Fsp3) is 0.267. The van der Waals surface area contributed by atoms with E-state index in [1.807, 2.05) is 31.0 Å². The van der Waals surface area contributed by atoms with Gasteiger partial charge in [0.05, 0.1) is 28.0 Å². The van der Waals surface area contributed by atoms with Crippen molar-refractivity contribution in [2.24, 2.45) is 0 Å². The van der Waals surface area contributed by atoms with Gasteiger partial charge in [-0.1, -0.05) is 24.3 Å². The molecule has 1 saturated heterocycles. The summed E-state index contributed by atoms with van der Waals surface area (Å²) in [7, 11) is 2.02. The van der Waals surface area contributed by atoms with Crippen LogP contribution in [0.3, 0.4) is 0 Å². The Hall–Kier alpha value is -4.05. The average molecular weight is 597 g/mol. The van der Waals surface area contributed by atoms with E-state index < -0.39 is 17.2 Å². The molecule has 1 fully saturated rings. The Kier molecular flexibility index (Phi) is 7.95. The first kappa shape index (κ1) is 28.5. The molecule has 0 spiro atoms. The van der Waals surface area contributed by atoms with E-state index in [2.05, 4.69) is 39.1 Å². The zero-order valence-corrected chi connectivity index (χ0v) is 23.6. The van der Waals surface area contributed by atoms with Gasteiger partial charge in [0.2, 0.25) is 5.43 Å². The van der Waals surface area contributed by atoms with Crippen molar-refractivity contribution in [1.29, 1.82) is 0 Å². The molecule has 1 radical (unpaired) electrons. The van der Waals surface area contributed by atoms with Crippen LogP contribution in [-0.4, -0.2) is 70.3 Å². The number of aromatic carboxylic acids is 1. The second-order valence-corrected chi connectivity index (χ2v) is 10.2. The van der Waals surface area contributed by atoms with E-state index in [0.717, 1.165) is 41.0 Å². The minimum absolute atomic E-state index is 0. The summed E-state index contributed by atoms with van der Waals surface area (Å²) < 4.78 is 22.6. The molecule has 2 aromatic carbocycles. The molecule has 0 aliphatic carbocycles. The number of likely N-dealkylation sites (N-methyl/N-ethyl adjacent to an activating group) is 1. The van der Waals surface area contributed by atoms with Crippen molar-refractivity contribution in [3.63, 3.8) is 0 Å². The summed E-state index contributed by atoms with van der Waals surface area (Å²) in [4.78, 5) is 36.8. The summed E-state index contributed by atoms with van der Waals surface area (Å²) >= 11 is 0. The number of rotatable bonds is 2. The van der Waals surface area contributed by atoms with Gasteiger partial charge in [0.25, 0.3) is 0 Å². The molecule has 209 valence electrons. The van der Waals surface area contributed by atoms with Gasteiger partial charge in [-0.3, -0.25) is 14.8 Å². The molecule has 3 aromatic heterocycles. The summed E-state index contributed by atoms with van der Waals surface area (Å²) in [5.74, 6) is -1.54. The van der Waals surface area contributed by atoms with Crippen molar-refractivity contribution in [3.05, 3.63) is 82.7 Å². The summed E-state index contributed by atoms with van der Waals surface area (Å²) in [6.45, 7) is 5.08. The molecular weight excluding hydrogens is 569 g/mol. The number of benzene rings is 2. The fourth-order valence-electron chi connectivity index (χ4n) is 5.37. The second-order valence-electron chi connectivity index (χ2n) is 10.2. The van der Waals surface area contributed by atoms with E-state index in [0.29, 0.717) is 30.0 Å². The molecule has 41 heavy (non-hydrogen) atoms. The smallest absolute Gasteiger partial charge is 0.487 e. The zero-order chi connectivity index (χ0) is 28.0. The number of piperazine rings is 1. The van der Waals surface area contributed by atoms with Gasteiger partial charge in [-0.15, -0.1) is 0 Å². The summed E-state index contributed by atoms with van der Waals surface area (Å²) in [5.41, 5.74) is 1.73. The number of halogens is 1. The number of anilines is 1. The number of carboxylic acid groups (broad SMARTS) is 1. The molecule has 1 N–H and O–H groups in total. The molecule has 0 unspecified atom stereocenters. The predicted molar refractivity (Wildman–Crippen MR) is 152 cm³/mol. The molecule has 9 nitrogen and oxygen atoms in total. The molecule has 2 aliphatic rings. The van der Waals surface area contributed by atoms with Gasteiger partial charge in [0.1, 0.15) is 17.9 Å². The minimum Gasteiger partial charge on any atom is -0.487 e. The maximum Gasteiger partial charge on any atom is 3.00 e. The maximum atomic E-state index is 15.0. The van der Waals surface area contributed by atoms with Crippen LogP contribution in [0.4, 0.5) is 10.1 Å². The van der Waals surface area contributed by atoms with Gasteiger partial charge >= 0.3 is 23.0 Å². The SMILES string of the molecule is C[C@H]1COc2c(N3CCN(C)CC3)c(F)cc3c(=O)c(C(=O)O)cn1c23.[Fe+3].c1cnc2c(c1)ccc1cccnc12. The Balaban J connectivity index is 0.000000189. The molecule has 1 atom stereocenters. The monoisotopic (exact) mass is 597 g/mol. The molecule has 0 amide bonds. The van der Waals surface area contributed by atoms with Crippen LogP contribution in [0.25, 0.3) is 32.7 Å². The van der Waals surface area contributed by atoms with Crippen molar-refractivity contribution in [2.45, 2.75) is 13.0 Å². The molecule has 0 bridgehead atoms. The molecule has 7 rings (SSSR count). The number of carbonyl (C=O) groups is 1. The normalized spacial score (nSPS) is 16.6. The fourth-order valence-corrected chi connectivity index (χ4v) is 5.37. The molecule has 0 saturated carbocycles. The van der Waals surface area contributed by atoms with E-state index in [1.165, 1.54) is 6.20 Å². The topological polar surface area (TPSA) is 101 Å². The maximum absolute atomic E-state index is 15.0. The summed E-state index contributed by atoms with van der Waals surface area (Å²) in [5, 5.41) is 11.6. The molecule has 11 heteroatoms. The van der Waals surface area contributed by atoms with Crippen LogP contribution in [0.2, 0.25) is 0 Å². The summed E-state index contributed by atoms with van der Waals surface area (Å²) in [6, 6.07) is 13.1. The van der Waals surface area contributed by atoms with Crippen molar-refractivity contribution in [3.8, 4) is 5.75 Å². The number of hydrogen-bond donors (Lipinski definition) is 1. The van der Waals surface area contributed by atoms with E-state index >= 15 is 0 Å². The van der Waals surface area contributed by atoms with Gasteiger partial charge in [-0.2, -0.15) is 0 Å². The Morgan fingerprint density at radius 1 is 1.02 bits per heavy atom.